The number of rotatable bonds is 5. The molecule has 30 heavy (non-hydrogen) atoms. The Hall–Kier alpha value is -0.670. The van der Waals surface area contributed by atoms with Gasteiger partial charge in [-0.2, -0.15) is 0 Å². The van der Waals surface area contributed by atoms with Gasteiger partial charge in [0.05, 0.1) is 12.2 Å². The monoisotopic (exact) mass is 416 g/mol. The van der Waals surface area contributed by atoms with Crippen molar-refractivity contribution < 1.29 is 15.0 Å². The molecule has 0 aliphatic heterocycles. The van der Waals surface area contributed by atoms with Crippen molar-refractivity contribution in [2.45, 2.75) is 105 Å². The van der Waals surface area contributed by atoms with E-state index in [0.29, 0.717) is 53.8 Å². The summed E-state index contributed by atoms with van der Waals surface area (Å²) in [6, 6.07) is 0. The lowest BCUT2D eigenvalue weighted by Crippen LogP contribution is -2.55. The summed E-state index contributed by atoms with van der Waals surface area (Å²) in [6.45, 7) is 11.5. The van der Waals surface area contributed by atoms with E-state index in [9.17, 15) is 15.0 Å². The van der Waals surface area contributed by atoms with Gasteiger partial charge < -0.3 is 10.2 Å². The largest absolute Gasteiger partial charge is 0.393 e. The number of aliphatic hydroxyl groups is 2. The minimum Gasteiger partial charge on any atom is -0.393 e. The highest BCUT2D eigenvalue weighted by Crippen LogP contribution is 2.67. The van der Waals surface area contributed by atoms with E-state index in [4.69, 9.17) is 0 Å². The normalized spacial score (nSPS) is 45.4. The molecule has 3 nitrogen and oxygen atoms in total. The minimum absolute atomic E-state index is 0.115. The van der Waals surface area contributed by atoms with Crippen molar-refractivity contribution in [3.8, 4) is 0 Å². The summed E-state index contributed by atoms with van der Waals surface area (Å²) in [6.07, 6.45) is 10.7. The number of hydrogen-bond acceptors (Lipinski definition) is 3. The zero-order chi connectivity index (χ0) is 21.8. The maximum absolute atomic E-state index is 12.1. The molecule has 3 fully saturated rings. The number of carbonyl (C=O) groups is 1. The lowest BCUT2D eigenvalue weighted by Gasteiger charge is -2.60. The summed E-state index contributed by atoms with van der Waals surface area (Å²) in [5.74, 6) is 3.43. The van der Waals surface area contributed by atoms with Gasteiger partial charge in [-0.05, 0) is 104 Å². The Morgan fingerprint density at radius 1 is 1.07 bits per heavy atom. The molecule has 0 aromatic heterocycles. The van der Waals surface area contributed by atoms with E-state index in [1.807, 2.05) is 6.08 Å². The minimum atomic E-state index is -0.290. The lowest BCUT2D eigenvalue weighted by atomic mass is 9.45. The van der Waals surface area contributed by atoms with Crippen LogP contribution in [0.3, 0.4) is 0 Å². The first kappa shape index (κ1) is 22.5. The summed E-state index contributed by atoms with van der Waals surface area (Å²) in [5.41, 5.74) is 1.66. The highest BCUT2D eigenvalue weighted by molar-refractivity contribution is 5.91. The van der Waals surface area contributed by atoms with Crippen LogP contribution >= 0.6 is 0 Å². The van der Waals surface area contributed by atoms with E-state index in [0.717, 1.165) is 19.3 Å². The van der Waals surface area contributed by atoms with Crippen molar-refractivity contribution >= 4 is 5.78 Å². The van der Waals surface area contributed by atoms with Crippen LogP contribution in [0, 0.1) is 46.3 Å². The molecule has 0 spiro atoms. The molecule has 170 valence electrons. The molecule has 9 atom stereocenters. The molecule has 0 heterocycles. The first-order valence-electron chi connectivity index (χ1n) is 12.7. The molecule has 4 aliphatic carbocycles. The maximum Gasteiger partial charge on any atom is 0.155 e. The average molecular weight is 417 g/mol. The van der Waals surface area contributed by atoms with Gasteiger partial charge in [0.2, 0.25) is 0 Å². The predicted octanol–water partition coefficient (Wildman–Crippen LogP) is 5.54. The molecule has 2 N–H and O–H groups in total. The second kappa shape index (κ2) is 8.03. The fraction of sp³-hybridized carbons (Fsp3) is 0.889. The van der Waals surface area contributed by atoms with Crippen LogP contribution in [0.1, 0.15) is 92.4 Å². The van der Waals surface area contributed by atoms with Crippen LogP contribution in [-0.2, 0) is 4.79 Å². The molecule has 0 amide bonds. The zero-order valence-corrected chi connectivity index (χ0v) is 19.9. The van der Waals surface area contributed by atoms with Crippen LogP contribution in [-0.4, -0.2) is 28.2 Å². The highest BCUT2D eigenvalue weighted by atomic mass is 16.3. The van der Waals surface area contributed by atoms with Crippen LogP contribution in [0.4, 0.5) is 0 Å². The summed E-state index contributed by atoms with van der Waals surface area (Å²) >= 11 is 0. The van der Waals surface area contributed by atoms with E-state index >= 15 is 0 Å². The zero-order valence-electron chi connectivity index (χ0n) is 19.9. The Labute approximate surface area is 183 Å². The molecule has 3 saturated carbocycles. The van der Waals surface area contributed by atoms with Crippen LogP contribution in [0.5, 0.6) is 0 Å². The summed E-state index contributed by atoms with van der Waals surface area (Å²) in [5, 5.41) is 21.6. The molecule has 0 bridgehead atoms. The second-order valence-corrected chi connectivity index (χ2v) is 12.2. The van der Waals surface area contributed by atoms with Crippen LogP contribution in [0.2, 0.25) is 0 Å². The Kier molecular flexibility index (Phi) is 6.03. The van der Waals surface area contributed by atoms with E-state index in [-0.39, 0.29) is 23.4 Å². The molecule has 4 aliphatic rings. The van der Waals surface area contributed by atoms with E-state index < -0.39 is 0 Å². The van der Waals surface area contributed by atoms with Crippen LogP contribution < -0.4 is 0 Å². The third-order valence-electron chi connectivity index (χ3n) is 10.4. The van der Waals surface area contributed by atoms with Gasteiger partial charge in [0, 0.05) is 6.42 Å². The van der Waals surface area contributed by atoms with E-state index in [1.165, 1.54) is 31.3 Å². The summed E-state index contributed by atoms with van der Waals surface area (Å²) < 4.78 is 0. The smallest absolute Gasteiger partial charge is 0.155 e. The molecular weight excluding hydrogens is 372 g/mol. The molecule has 4 rings (SSSR count). The van der Waals surface area contributed by atoms with Gasteiger partial charge >= 0.3 is 0 Å². The van der Waals surface area contributed by atoms with Gasteiger partial charge in [0.25, 0.3) is 0 Å². The van der Waals surface area contributed by atoms with Crippen molar-refractivity contribution in [2.75, 3.05) is 0 Å². The first-order valence-corrected chi connectivity index (χ1v) is 12.7. The molecule has 0 aromatic carbocycles. The first-order chi connectivity index (χ1) is 14.1. The third-order valence-corrected chi connectivity index (χ3v) is 10.4. The van der Waals surface area contributed by atoms with Gasteiger partial charge in [-0.3, -0.25) is 4.79 Å². The number of ketones is 1. The van der Waals surface area contributed by atoms with Gasteiger partial charge in [-0.15, -0.1) is 0 Å². The van der Waals surface area contributed by atoms with Crippen molar-refractivity contribution in [1.82, 2.24) is 0 Å². The van der Waals surface area contributed by atoms with Crippen molar-refractivity contribution in [1.29, 1.82) is 0 Å². The maximum atomic E-state index is 12.1. The number of hydrogen-bond donors (Lipinski definition) is 2. The third kappa shape index (κ3) is 3.52. The van der Waals surface area contributed by atoms with E-state index in [1.54, 1.807) is 0 Å². The standard InChI is InChI=1S/C27H44O3/c1-16(2)23(29)9-6-17(3)20-7-8-21-25-22(11-13-27(20,21)5)26(4)12-10-19(28)14-18(26)15-24(25)30/h14,16-17,20-25,29-30H,6-13,15H2,1-5H3. The molecular formula is C27H44O3. The average Bonchev–Trinajstić information content (AvgIpc) is 3.04. The van der Waals surface area contributed by atoms with Crippen LogP contribution in [0.15, 0.2) is 11.6 Å². The fourth-order valence-corrected chi connectivity index (χ4v) is 8.47. The number of carbonyl (C=O) groups excluding carboxylic acids is 1. The quantitative estimate of drug-likeness (QED) is 0.619. The Balaban J connectivity index is 1.53. The van der Waals surface area contributed by atoms with Crippen molar-refractivity contribution in [2.24, 2.45) is 46.3 Å². The number of fused-ring (bicyclic) bond motifs is 5. The van der Waals surface area contributed by atoms with E-state index in [2.05, 4.69) is 34.6 Å². The SMILES string of the molecule is CC(C)C(O)CCC(C)C1CCC2C3C(O)CC4=CC(=O)CCC4(C)C3CCC12C. The molecule has 0 aromatic rings. The Morgan fingerprint density at radius 3 is 2.50 bits per heavy atom. The predicted molar refractivity (Wildman–Crippen MR) is 121 cm³/mol. The van der Waals surface area contributed by atoms with Gasteiger partial charge in [-0.25, -0.2) is 0 Å². The molecule has 0 radical (unpaired) electrons. The van der Waals surface area contributed by atoms with Crippen molar-refractivity contribution in [3.05, 3.63) is 11.6 Å². The number of aliphatic hydroxyl groups excluding tert-OH is 2. The Morgan fingerprint density at radius 2 is 1.80 bits per heavy atom. The van der Waals surface area contributed by atoms with Gasteiger partial charge in [-0.1, -0.05) is 40.2 Å². The fourth-order valence-electron chi connectivity index (χ4n) is 8.47. The molecule has 0 saturated heterocycles. The summed E-state index contributed by atoms with van der Waals surface area (Å²) in [7, 11) is 0. The summed E-state index contributed by atoms with van der Waals surface area (Å²) in [4.78, 5) is 12.1. The van der Waals surface area contributed by atoms with Crippen molar-refractivity contribution in [3.63, 3.8) is 0 Å². The topological polar surface area (TPSA) is 57.5 Å². The van der Waals surface area contributed by atoms with Crippen LogP contribution in [0.25, 0.3) is 0 Å². The molecule has 3 heteroatoms. The van der Waals surface area contributed by atoms with Gasteiger partial charge in [0.1, 0.15) is 0 Å². The highest BCUT2D eigenvalue weighted by Gasteiger charge is 2.61. The van der Waals surface area contributed by atoms with Gasteiger partial charge in [0.15, 0.2) is 5.78 Å². The Bertz CT molecular complexity index is 696. The molecule has 9 unspecified atom stereocenters. The second-order valence-electron chi connectivity index (χ2n) is 12.2. The lowest BCUT2D eigenvalue weighted by molar-refractivity contribution is -0.124.